The monoisotopic (exact) mass is 367 g/mol. The van der Waals surface area contributed by atoms with Gasteiger partial charge >= 0.3 is 5.97 Å². The van der Waals surface area contributed by atoms with E-state index in [2.05, 4.69) is 10.6 Å². The van der Waals surface area contributed by atoms with Gasteiger partial charge in [0, 0.05) is 25.2 Å². The number of nitrogens with one attached hydrogen (secondary N) is 2. The second-order valence-electron chi connectivity index (χ2n) is 6.25. The van der Waals surface area contributed by atoms with Crippen LogP contribution in [0.3, 0.4) is 0 Å². The molecule has 0 radical (unpaired) electrons. The van der Waals surface area contributed by atoms with Crippen LogP contribution in [0.2, 0.25) is 0 Å². The van der Waals surface area contributed by atoms with Crippen molar-refractivity contribution in [3.8, 4) is 0 Å². The molecule has 0 aromatic heterocycles. The number of fused-ring (bicyclic) bond motifs is 1. The number of para-hydroxylation sites is 3. The van der Waals surface area contributed by atoms with E-state index in [-0.39, 0.29) is 24.3 Å². The van der Waals surface area contributed by atoms with Gasteiger partial charge in [-0.1, -0.05) is 24.3 Å². The summed E-state index contributed by atoms with van der Waals surface area (Å²) in [6, 6.07) is 13.6. The Bertz CT molecular complexity index is 881. The van der Waals surface area contributed by atoms with Crippen LogP contribution in [0.15, 0.2) is 48.5 Å². The molecule has 2 N–H and O–H groups in total. The molecule has 1 aliphatic rings. The second-order valence-corrected chi connectivity index (χ2v) is 6.25. The molecular weight excluding hydrogens is 346 g/mol. The van der Waals surface area contributed by atoms with E-state index in [9.17, 15) is 14.4 Å². The van der Waals surface area contributed by atoms with E-state index in [0.29, 0.717) is 22.6 Å². The molecule has 2 aromatic rings. The standard InChI is InChI=1S/C20H21N3O4/c1-13-11-18(24)22-16-9-5-6-10-17(16)23(13)19(25)12-27-20(26)14-7-3-4-8-15(14)21-2/h3-10,13,21H,11-12H2,1-2H3,(H,22,24). The van der Waals surface area contributed by atoms with Crippen LogP contribution in [-0.4, -0.2) is 37.5 Å². The minimum atomic E-state index is -0.585. The Morgan fingerprint density at radius 1 is 1.19 bits per heavy atom. The maximum Gasteiger partial charge on any atom is 0.340 e. The second kappa shape index (κ2) is 7.90. The molecule has 2 amide bonds. The van der Waals surface area contributed by atoms with Crippen LogP contribution in [0.1, 0.15) is 23.7 Å². The number of ether oxygens (including phenoxy) is 1. The lowest BCUT2D eigenvalue weighted by Crippen LogP contribution is -2.41. The fraction of sp³-hybridized carbons (Fsp3) is 0.250. The Labute approximate surface area is 157 Å². The molecule has 2 aromatic carbocycles. The van der Waals surface area contributed by atoms with Gasteiger partial charge in [-0.15, -0.1) is 0 Å². The highest BCUT2D eigenvalue weighted by Gasteiger charge is 2.30. The van der Waals surface area contributed by atoms with E-state index >= 15 is 0 Å². The van der Waals surface area contributed by atoms with Crippen LogP contribution in [0.5, 0.6) is 0 Å². The highest BCUT2D eigenvalue weighted by Crippen LogP contribution is 2.31. The zero-order valence-corrected chi connectivity index (χ0v) is 15.2. The quantitative estimate of drug-likeness (QED) is 0.811. The van der Waals surface area contributed by atoms with E-state index < -0.39 is 12.6 Å². The van der Waals surface area contributed by atoms with Gasteiger partial charge in [-0.3, -0.25) is 9.59 Å². The molecule has 27 heavy (non-hydrogen) atoms. The minimum Gasteiger partial charge on any atom is -0.452 e. The molecule has 1 heterocycles. The van der Waals surface area contributed by atoms with Crippen LogP contribution >= 0.6 is 0 Å². The van der Waals surface area contributed by atoms with Crippen LogP contribution in [-0.2, 0) is 14.3 Å². The van der Waals surface area contributed by atoms with Crippen molar-refractivity contribution < 1.29 is 19.1 Å². The number of esters is 1. The number of nitrogens with zero attached hydrogens (tertiary/aromatic N) is 1. The Kier molecular flexibility index (Phi) is 5.40. The van der Waals surface area contributed by atoms with Gasteiger partial charge in [0.1, 0.15) is 0 Å². The van der Waals surface area contributed by atoms with Crippen molar-refractivity contribution >= 4 is 34.8 Å². The molecule has 0 saturated carbocycles. The summed E-state index contributed by atoms with van der Waals surface area (Å²) in [5, 5.41) is 5.71. The Hall–Kier alpha value is -3.35. The molecule has 0 spiro atoms. The summed E-state index contributed by atoms with van der Waals surface area (Å²) in [5.74, 6) is -1.13. The lowest BCUT2D eigenvalue weighted by molar-refractivity contribution is -0.122. The maximum atomic E-state index is 12.8. The van der Waals surface area contributed by atoms with Crippen molar-refractivity contribution in [3.63, 3.8) is 0 Å². The Balaban J connectivity index is 1.77. The van der Waals surface area contributed by atoms with Gasteiger partial charge in [0.25, 0.3) is 5.91 Å². The predicted octanol–water partition coefficient (Wildman–Crippen LogP) is 2.65. The molecule has 1 aliphatic heterocycles. The number of rotatable bonds is 4. The summed E-state index contributed by atoms with van der Waals surface area (Å²) in [6.07, 6.45) is 0.164. The van der Waals surface area contributed by atoms with Crippen LogP contribution < -0.4 is 15.5 Å². The average Bonchev–Trinajstić information content (AvgIpc) is 2.79. The van der Waals surface area contributed by atoms with Gasteiger partial charge in [-0.05, 0) is 31.2 Å². The van der Waals surface area contributed by atoms with Crippen molar-refractivity contribution in [2.45, 2.75) is 19.4 Å². The highest BCUT2D eigenvalue weighted by molar-refractivity contribution is 6.05. The van der Waals surface area contributed by atoms with Crippen molar-refractivity contribution in [2.24, 2.45) is 0 Å². The third kappa shape index (κ3) is 3.92. The molecule has 3 rings (SSSR count). The van der Waals surface area contributed by atoms with Gasteiger partial charge in [-0.2, -0.15) is 0 Å². The summed E-state index contributed by atoms with van der Waals surface area (Å²) >= 11 is 0. The first-order valence-corrected chi connectivity index (χ1v) is 8.66. The smallest absolute Gasteiger partial charge is 0.340 e. The highest BCUT2D eigenvalue weighted by atomic mass is 16.5. The van der Waals surface area contributed by atoms with Gasteiger partial charge in [0.15, 0.2) is 6.61 Å². The summed E-state index contributed by atoms with van der Waals surface area (Å²) < 4.78 is 5.24. The van der Waals surface area contributed by atoms with E-state index in [1.807, 2.05) is 0 Å². The van der Waals surface area contributed by atoms with E-state index in [1.54, 1.807) is 62.5 Å². The normalized spacial score (nSPS) is 16.0. The Morgan fingerprint density at radius 3 is 2.67 bits per heavy atom. The molecular formula is C20H21N3O4. The van der Waals surface area contributed by atoms with E-state index in [4.69, 9.17) is 4.74 Å². The molecule has 1 atom stereocenters. The van der Waals surface area contributed by atoms with E-state index in [1.165, 1.54) is 4.90 Å². The number of benzene rings is 2. The lowest BCUT2D eigenvalue weighted by atomic mass is 10.1. The zero-order chi connectivity index (χ0) is 19.4. The van der Waals surface area contributed by atoms with Crippen LogP contribution in [0.25, 0.3) is 0 Å². The SMILES string of the molecule is CNc1ccccc1C(=O)OCC(=O)N1c2ccccc2NC(=O)CC1C. The van der Waals surface area contributed by atoms with E-state index in [0.717, 1.165) is 0 Å². The van der Waals surface area contributed by atoms with Gasteiger partial charge in [0.2, 0.25) is 5.91 Å². The molecule has 7 heteroatoms. The third-order valence-corrected chi connectivity index (χ3v) is 4.37. The van der Waals surface area contributed by atoms with Crippen molar-refractivity contribution in [1.29, 1.82) is 0 Å². The number of anilines is 3. The molecule has 7 nitrogen and oxygen atoms in total. The summed E-state index contributed by atoms with van der Waals surface area (Å²) in [5.41, 5.74) is 2.13. The molecule has 140 valence electrons. The number of hydrogen-bond acceptors (Lipinski definition) is 5. The molecule has 0 saturated heterocycles. The minimum absolute atomic E-state index is 0.162. The number of amides is 2. The predicted molar refractivity (Wildman–Crippen MR) is 103 cm³/mol. The molecule has 0 bridgehead atoms. The van der Waals surface area contributed by atoms with Crippen molar-refractivity contribution in [1.82, 2.24) is 0 Å². The molecule has 1 unspecified atom stereocenters. The fourth-order valence-electron chi connectivity index (χ4n) is 3.12. The number of carbonyl (C=O) groups excluding carboxylic acids is 3. The van der Waals surface area contributed by atoms with Gasteiger partial charge in [0.05, 0.1) is 16.9 Å². The summed E-state index contributed by atoms with van der Waals surface area (Å²) in [4.78, 5) is 38.7. The fourth-order valence-corrected chi connectivity index (χ4v) is 3.12. The Morgan fingerprint density at radius 2 is 1.89 bits per heavy atom. The van der Waals surface area contributed by atoms with Crippen molar-refractivity contribution in [2.75, 3.05) is 29.2 Å². The molecule has 0 fully saturated rings. The maximum absolute atomic E-state index is 12.8. The van der Waals surface area contributed by atoms with Gasteiger partial charge < -0.3 is 20.3 Å². The number of hydrogen-bond donors (Lipinski definition) is 2. The number of carbonyl (C=O) groups is 3. The third-order valence-electron chi connectivity index (χ3n) is 4.37. The van der Waals surface area contributed by atoms with Crippen molar-refractivity contribution in [3.05, 3.63) is 54.1 Å². The van der Waals surface area contributed by atoms with Crippen LogP contribution in [0, 0.1) is 0 Å². The summed E-state index contributed by atoms with van der Waals surface area (Å²) in [7, 11) is 1.71. The first kappa shape index (κ1) is 18.4. The topological polar surface area (TPSA) is 87.7 Å². The summed E-state index contributed by atoms with van der Waals surface area (Å²) in [6.45, 7) is 1.38. The first-order chi connectivity index (χ1) is 13.0. The van der Waals surface area contributed by atoms with Gasteiger partial charge in [-0.25, -0.2) is 4.79 Å². The zero-order valence-electron chi connectivity index (χ0n) is 15.2. The lowest BCUT2D eigenvalue weighted by Gasteiger charge is -2.27. The first-order valence-electron chi connectivity index (χ1n) is 8.66. The molecule has 0 aliphatic carbocycles. The van der Waals surface area contributed by atoms with Crippen LogP contribution in [0.4, 0.5) is 17.1 Å². The largest absolute Gasteiger partial charge is 0.452 e. The average molecular weight is 367 g/mol.